The Hall–Kier alpha value is -2.60. The van der Waals surface area contributed by atoms with E-state index in [0.717, 1.165) is 11.1 Å². The van der Waals surface area contributed by atoms with Crippen molar-refractivity contribution in [3.05, 3.63) is 51.6 Å². The van der Waals surface area contributed by atoms with Crippen LogP contribution in [0.1, 0.15) is 10.4 Å². The molecule has 0 saturated carbocycles. The number of benzene rings is 1. The van der Waals surface area contributed by atoms with Crippen molar-refractivity contribution >= 4 is 27.5 Å². The lowest BCUT2D eigenvalue weighted by molar-refractivity contribution is 0.0595. The van der Waals surface area contributed by atoms with Gasteiger partial charge in [-0.15, -0.1) is 11.3 Å². The summed E-state index contributed by atoms with van der Waals surface area (Å²) in [5, 5.41) is 12.8. The van der Waals surface area contributed by atoms with Crippen molar-refractivity contribution in [1.82, 2.24) is 4.57 Å². The molecule has 5 nitrogen and oxygen atoms in total. The Bertz CT molecular complexity index is 925. The molecule has 2 aromatic heterocycles. The van der Waals surface area contributed by atoms with E-state index in [9.17, 15) is 14.7 Å². The maximum atomic E-state index is 12.3. The molecule has 2 heterocycles. The average Bonchev–Trinajstić information content (AvgIpc) is 2.99. The molecule has 3 rings (SSSR count). The molecule has 3 aromatic rings. The first kappa shape index (κ1) is 14.3. The van der Waals surface area contributed by atoms with Crippen molar-refractivity contribution in [2.45, 2.75) is 0 Å². The minimum Gasteiger partial charge on any atom is -0.506 e. The summed E-state index contributed by atoms with van der Waals surface area (Å²) in [5.74, 6) is -1.17. The van der Waals surface area contributed by atoms with E-state index in [1.807, 2.05) is 35.7 Å². The number of fused-ring (bicyclic) bond motifs is 1. The quantitative estimate of drug-likeness (QED) is 0.738. The first-order chi connectivity index (χ1) is 10.6. The fourth-order valence-corrected chi connectivity index (χ4v) is 3.47. The molecule has 22 heavy (non-hydrogen) atoms. The van der Waals surface area contributed by atoms with Gasteiger partial charge in [-0.1, -0.05) is 30.3 Å². The van der Waals surface area contributed by atoms with E-state index < -0.39 is 11.5 Å². The number of rotatable bonds is 2. The molecule has 112 valence electrons. The predicted molar refractivity (Wildman–Crippen MR) is 85.5 cm³/mol. The van der Waals surface area contributed by atoms with E-state index in [1.165, 1.54) is 23.0 Å². The summed E-state index contributed by atoms with van der Waals surface area (Å²) in [6.45, 7) is 0. The van der Waals surface area contributed by atoms with Crippen LogP contribution in [-0.4, -0.2) is 22.8 Å². The third-order valence-corrected chi connectivity index (χ3v) is 4.60. The smallest absolute Gasteiger partial charge is 0.347 e. The third-order valence-electron chi connectivity index (χ3n) is 3.54. The third kappa shape index (κ3) is 2.00. The highest BCUT2D eigenvalue weighted by Gasteiger charge is 2.24. The zero-order chi connectivity index (χ0) is 15.9. The van der Waals surface area contributed by atoms with Crippen LogP contribution >= 0.6 is 11.3 Å². The summed E-state index contributed by atoms with van der Waals surface area (Å²) in [6, 6.07) is 9.49. The lowest BCUT2D eigenvalue weighted by atomic mass is 10.0. The van der Waals surface area contributed by atoms with Crippen molar-refractivity contribution in [2.75, 3.05) is 7.11 Å². The lowest BCUT2D eigenvalue weighted by Crippen LogP contribution is -2.25. The van der Waals surface area contributed by atoms with Crippen LogP contribution in [0.15, 0.2) is 40.5 Å². The molecule has 0 fully saturated rings. The van der Waals surface area contributed by atoms with Gasteiger partial charge in [-0.2, -0.15) is 0 Å². The van der Waals surface area contributed by atoms with E-state index in [1.54, 1.807) is 7.05 Å². The Labute approximate surface area is 130 Å². The summed E-state index contributed by atoms with van der Waals surface area (Å²) in [4.78, 5) is 24.7. The Morgan fingerprint density at radius 2 is 1.95 bits per heavy atom. The van der Waals surface area contributed by atoms with Crippen LogP contribution in [0, 0.1) is 0 Å². The van der Waals surface area contributed by atoms with Gasteiger partial charge in [0.05, 0.1) is 12.5 Å². The summed E-state index contributed by atoms with van der Waals surface area (Å²) < 4.78 is 5.97. The topological polar surface area (TPSA) is 68.5 Å². The second kappa shape index (κ2) is 5.31. The number of carbonyl (C=O) groups excluding carboxylic acids is 1. The minimum absolute atomic E-state index is 0.329. The monoisotopic (exact) mass is 315 g/mol. The molecule has 0 spiro atoms. The highest BCUT2D eigenvalue weighted by molar-refractivity contribution is 7.17. The first-order valence-electron chi connectivity index (χ1n) is 6.53. The maximum absolute atomic E-state index is 12.3. The Morgan fingerprint density at radius 1 is 1.27 bits per heavy atom. The number of aryl methyl sites for hydroxylation is 1. The number of nitrogens with zero attached hydrogens (tertiary/aromatic N) is 1. The van der Waals surface area contributed by atoms with Gasteiger partial charge in [0.25, 0.3) is 5.56 Å². The van der Waals surface area contributed by atoms with Crippen LogP contribution in [0.4, 0.5) is 0 Å². The van der Waals surface area contributed by atoms with Crippen molar-refractivity contribution in [3.8, 4) is 16.9 Å². The summed E-state index contributed by atoms with van der Waals surface area (Å²) in [6.07, 6.45) is 0. The summed E-state index contributed by atoms with van der Waals surface area (Å²) in [7, 11) is 2.75. The minimum atomic E-state index is -0.842. The standard InChI is InChI=1S/C16H13NO4S/c1-17-14(19)12(16(20)21-2)13(18)11-10(8-22-15(11)17)9-6-4-3-5-7-9/h3-8,18H,1-2H3. The number of aromatic hydroxyl groups is 1. The van der Waals surface area contributed by atoms with Gasteiger partial charge in [-0.25, -0.2) is 4.79 Å². The van der Waals surface area contributed by atoms with Crippen molar-refractivity contribution in [2.24, 2.45) is 7.05 Å². The molecule has 0 radical (unpaired) electrons. The largest absolute Gasteiger partial charge is 0.506 e. The number of thiophene rings is 1. The molecule has 0 atom stereocenters. The van der Waals surface area contributed by atoms with Gasteiger partial charge < -0.3 is 14.4 Å². The van der Waals surface area contributed by atoms with Gasteiger partial charge in [-0.05, 0) is 5.56 Å². The number of hydrogen-bond acceptors (Lipinski definition) is 5. The van der Waals surface area contributed by atoms with Gasteiger partial charge in [0.1, 0.15) is 10.6 Å². The lowest BCUT2D eigenvalue weighted by Gasteiger charge is -2.09. The number of hydrogen-bond donors (Lipinski definition) is 1. The predicted octanol–water partition coefficient (Wildman–Crippen LogP) is 2.76. The van der Waals surface area contributed by atoms with Crippen LogP contribution in [0.3, 0.4) is 0 Å². The number of ether oxygens (including phenoxy) is 1. The van der Waals surface area contributed by atoms with E-state index in [0.29, 0.717) is 10.2 Å². The van der Waals surface area contributed by atoms with Crippen LogP contribution < -0.4 is 5.56 Å². The Kier molecular flexibility index (Phi) is 3.46. The van der Waals surface area contributed by atoms with Gasteiger partial charge in [-0.3, -0.25) is 4.79 Å². The van der Waals surface area contributed by atoms with Crippen molar-refractivity contribution in [1.29, 1.82) is 0 Å². The SMILES string of the molecule is COC(=O)c1c(O)c2c(-c3ccccc3)csc2n(C)c1=O. The van der Waals surface area contributed by atoms with E-state index in [4.69, 9.17) is 0 Å². The number of carbonyl (C=O) groups is 1. The highest BCUT2D eigenvalue weighted by Crippen LogP contribution is 2.39. The fourth-order valence-electron chi connectivity index (χ4n) is 2.43. The molecule has 0 aliphatic carbocycles. The molecule has 0 amide bonds. The summed E-state index contributed by atoms with van der Waals surface area (Å²) in [5.41, 5.74) is 0.767. The number of esters is 1. The zero-order valence-corrected chi connectivity index (χ0v) is 12.8. The van der Waals surface area contributed by atoms with E-state index in [2.05, 4.69) is 4.74 Å². The van der Waals surface area contributed by atoms with Gasteiger partial charge in [0.2, 0.25) is 0 Å². The zero-order valence-electron chi connectivity index (χ0n) is 12.0. The van der Waals surface area contributed by atoms with Crippen molar-refractivity contribution < 1.29 is 14.6 Å². The van der Waals surface area contributed by atoms with Crippen LogP contribution in [0.25, 0.3) is 21.3 Å². The van der Waals surface area contributed by atoms with E-state index in [-0.39, 0.29) is 11.3 Å². The molecular weight excluding hydrogens is 302 g/mol. The molecule has 1 N–H and O–H groups in total. The number of methoxy groups -OCH3 is 1. The van der Waals surface area contributed by atoms with Gasteiger partial charge in [0, 0.05) is 18.0 Å². The van der Waals surface area contributed by atoms with Gasteiger partial charge >= 0.3 is 5.97 Å². The fraction of sp³-hybridized carbons (Fsp3) is 0.125. The Morgan fingerprint density at radius 3 is 2.59 bits per heavy atom. The maximum Gasteiger partial charge on any atom is 0.347 e. The molecular formula is C16H13NO4S. The molecule has 6 heteroatoms. The second-order valence-corrected chi connectivity index (χ2v) is 5.63. The molecule has 1 aromatic carbocycles. The Balaban J connectivity index is 2.43. The molecule has 0 aliphatic heterocycles. The van der Waals surface area contributed by atoms with E-state index >= 15 is 0 Å². The van der Waals surface area contributed by atoms with Gasteiger partial charge in [0.15, 0.2) is 5.56 Å². The van der Waals surface area contributed by atoms with Crippen LogP contribution in [0.2, 0.25) is 0 Å². The van der Waals surface area contributed by atoms with Crippen molar-refractivity contribution in [3.63, 3.8) is 0 Å². The first-order valence-corrected chi connectivity index (χ1v) is 7.41. The van der Waals surface area contributed by atoms with Crippen LogP contribution in [-0.2, 0) is 11.8 Å². The number of aromatic nitrogens is 1. The normalized spacial score (nSPS) is 10.8. The molecule has 0 bridgehead atoms. The second-order valence-electron chi connectivity index (χ2n) is 4.77. The molecule has 0 unspecified atom stereocenters. The molecule has 0 aliphatic rings. The van der Waals surface area contributed by atoms with Crippen LogP contribution in [0.5, 0.6) is 5.75 Å². The molecule has 0 saturated heterocycles. The number of pyridine rings is 1. The average molecular weight is 315 g/mol. The highest BCUT2D eigenvalue weighted by atomic mass is 32.1. The summed E-state index contributed by atoms with van der Waals surface area (Å²) >= 11 is 1.34.